The quantitative estimate of drug-likeness (QED) is 0.319. The molecule has 1 aliphatic carbocycles. The lowest BCUT2D eigenvalue weighted by Crippen LogP contribution is -2.47. The Balaban J connectivity index is 0.00000338. The van der Waals surface area contributed by atoms with E-state index in [-0.39, 0.29) is 29.9 Å². The number of aliphatic imine (C=N–C) groups is 1. The van der Waals surface area contributed by atoms with Crippen LogP contribution in [0.25, 0.3) is 0 Å². The number of nitrogens with zero attached hydrogens (tertiary/aromatic N) is 2. The van der Waals surface area contributed by atoms with Crippen LogP contribution in [-0.4, -0.2) is 63.7 Å². The van der Waals surface area contributed by atoms with Gasteiger partial charge in [-0.2, -0.15) is 0 Å². The normalized spacial score (nSPS) is 20.1. The van der Waals surface area contributed by atoms with Gasteiger partial charge in [-0.3, -0.25) is 9.79 Å². The number of hydrogen-bond donors (Lipinski definition) is 2. The number of piperidine rings is 1. The van der Waals surface area contributed by atoms with Gasteiger partial charge in [0.2, 0.25) is 5.91 Å². The van der Waals surface area contributed by atoms with E-state index in [2.05, 4.69) is 22.5 Å². The summed E-state index contributed by atoms with van der Waals surface area (Å²) >= 11 is 0. The minimum Gasteiger partial charge on any atom is -0.385 e. The zero-order valence-corrected chi connectivity index (χ0v) is 19.0. The van der Waals surface area contributed by atoms with E-state index in [9.17, 15) is 4.79 Å². The minimum atomic E-state index is 0. The molecular weight excluding hydrogens is 443 g/mol. The monoisotopic (exact) mass is 480 g/mol. The van der Waals surface area contributed by atoms with Gasteiger partial charge in [0.15, 0.2) is 5.96 Å². The van der Waals surface area contributed by atoms with Crippen molar-refractivity contribution in [3.8, 4) is 0 Å². The van der Waals surface area contributed by atoms with E-state index < -0.39 is 0 Å². The van der Waals surface area contributed by atoms with Gasteiger partial charge in [0, 0.05) is 53.4 Å². The number of rotatable bonds is 8. The van der Waals surface area contributed by atoms with Crippen molar-refractivity contribution >= 4 is 35.8 Å². The zero-order chi connectivity index (χ0) is 18.1. The number of nitrogens with one attached hydrogen (secondary N) is 2. The third-order valence-corrected chi connectivity index (χ3v) is 5.82. The molecule has 1 saturated carbocycles. The standard InChI is InChI=1S/C19H36N4O2.HI/c1-4-21-18(22-15-19(8-5-9-19)10-13-25-3)23-11-6-16(7-12-23)14-17(24)20-2;/h16H,4-15H2,1-3H3,(H,20,24)(H,21,22);1H. The largest absolute Gasteiger partial charge is 0.385 e. The molecule has 0 aromatic heterocycles. The Morgan fingerprint density at radius 2 is 2.00 bits per heavy atom. The van der Waals surface area contributed by atoms with Gasteiger partial charge < -0.3 is 20.3 Å². The number of ether oxygens (including phenoxy) is 1. The maximum absolute atomic E-state index is 11.6. The van der Waals surface area contributed by atoms with Gasteiger partial charge in [-0.15, -0.1) is 24.0 Å². The molecule has 1 aliphatic heterocycles. The van der Waals surface area contributed by atoms with Gasteiger partial charge in [-0.05, 0) is 50.4 Å². The summed E-state index contributed by atoms with van der Waals surface area (Å²) in [5.74, 6) is 1.70. The predicted octanol–water partition coefficient (Wildman–Crippen LogP) is 2.62. The molecule has 1 amide bonds. The number of amides is 1. The van der Waals surface area contributed by atoms with Gasteiger partial charge in [-0.25, -0.2) is 0 Å². The Labute approximate surface area is 175 Å². The maximum Gasteiger partial charge on any atom is 0.220 e. The summed E-state index contributed by atoms with van der Waals surface area (Å²) in [5, 5.41) is 6.20. The van der Waals surface area contributed by atoms with Crippen LogP contribution >= 0.6 is 24.0 Å². The fraction of sp³-hybridized carbons (Fsp3) is 0.895. The molecular formula is C19H37IN4O2. The van der Waals surface area contributed by atoms with Gasteiger partial charge in [-0.1, -0.05) is 6.42 Å². The molecule has 1 heterocycles. The summed E-state index contributed by atoms with van der Waals surface area (Å²) in [6.07, 6.45) is 7.75. The van der Waals surface area contributed by atoms with Crippen molar-refractivity contribution in [1.29, 1.82) is 0 Å². The predicted molar refractivity (Wildman–Crippen MR) is 117 cm³/mol. The van der Waals surface area contributed by atoms with Crippen molar-refractivity contribution < 1.29 is 9.53 Å². The highest BCUT2D eigenvalue weighted by Gasteiger charge is 2.36. The van der Waals surface area contributed by atoms with Crippen LogP contribution in [-0.2, 0) is 9.53 Å². The first-order valence-electron chi connectivity index (χ1n) is 9.85. The Morgan fingerprint density at radius 3 is 2.50 bits per heavy atom. The Morgan fingerprint density at radius 1 is 1.31 bits per heavy atom. The Bertz CT molecular complexity index is 447. The van der Waals surface area contributed by atoms with Gasteiger partial charge in [0.1, 0.15) is 0 Å². The summed E-state index contributed by atoms with van der Waals surface area (Å²) in [5.41, 5.74) is 0.355. The SMILES string of the molecule is CCNC(=NCC1(CCOC)CCC1)N1CCC(CC(=O)NC)CC1.I. The molecule has 0 aromatic rings. The van der Waals surface area contributed by atoms with Crippen molar-refractivity contribution in [2.45, 2.75) is 51.9 Å². The second kappa shape index (κ2) is 12.0. The third kappa shape index (κ3) is 6.87. The number of likely N-dealkylation sites (tertiary alicyclic amines) is 1. The number of methoxy groups -OCH3 is 1. The number of carbonyl (C=O) groups is 1. The van der Waals surface area contributed by atoms with E-state index in [1.165, 1.54) is 19.3 Å². The maximum atomic E-state index is 11.6. The molecule has 0 aromatic carbocycles. The molecule has 152 valence electrons. The van der Waals surface area contributed by atoms with Crippen molar-refractivity contribution in [3.63, 3.8) is 0 Å². The molecule has 0 spiro atoms. The third-order valence-electron chi connectivity index (χ3n) is 5.82. The number of carbonyl (C=O) groups excluding carboxylic acids is 1. The number of hydrogen-bond acceptors (Lipinski definition) is 3. The van der Waals surface area contributed by atoms with Crippen LogP contribution in [0.2, 0.25) is 0 Å². The molecule has 1 saturated heterocycles. The Kier molecular flexibility index (Phi) is 10.8. The van der Waals surface area contributed by atoms with Crippen LogP contribution in [0.4, 0.5) is 0 Å². The van der Waals surface area contributed by atoms with E-state index in [0.29, 0.717) is 17.8 Å². The highest BCUT2D eigenvalue weighted by atomic mass is 127. The molecule has 7 heteroatoms. The fourth-order valence-corrected chi connectivity index (χ4v) is 3.86. The molecule has 2 aliphatic rings. The molecule has 0 unspecified atom stereocenters. The average Bonchev–Trinajstić information content (AvgIpc) is 2.60. The smallest absolute Gasteiger partial charge is 0.220 e. The molecule has 6 nitrogen and oxygen atoms in total. The van der Waals surface area contributed by atoms with Crippen LogP contribution in [0, 0.1) is 11.3 Å². The second-order valence-electron chi connectivity index (χ2n) is 7.57. The van der Waals surface area contributed by atoms with Gasteiger partial charge >= 0.3 is 0 Å². The van der Waals surface area contributed by atoms with Crippen molar-refractivity contribution in [2.24, 2.45) is 16.3 Å². The van der Waals surface area contributed by atoms with Crippen molar-refractivity contribution in [1.82, 2.24) is 15.5 Å². The molecule has 2 rings (SSSR count). The average molecular weight is 480 g/mol. The number of halogens is 1. The van der Waals surface area contributed by atoms with E-state index in [0.717, 1.165) is 58.0 Å². The van der Waals surface area contributed by atoms with Gasteiger partial charge in [0.25, 0.3) is 0 Å². The topological polar surface area (TPSA) is 66.0 Å². The first kappa shape index (κ1) is 23.5. The van der Waals surface area contributed by atoms with Crippen LogP contribution in [0.5, 0.6) is 0 Å². The molecule has 26 heavy (non-hydrogen) atoms. The van der Waals surface area contributed by atoms with Crippen LogP contribution in [0.15, 0.2) is 4.99 Å². The zero-order valence-electron chi connectivity index (χ0n) is 16.7. The molecule has 2 N–H and O–H groups in total. The van der Waals surface area contributed by atoms with Crippen molar-refractivity contribution in [3.05, 3.63) is 0 Å². The van der Waals surface area contributed by atoms with E-state index in [4.69, 9.17) is 9.73 Å². The van der Waals surface area contributed by atoms with Crippen LogP contribution < -0.4 is 10.6 Å². The Hall–Kier alpha value is -0.570. The molecule has 0 bridgehead atoms. The number of guanidine groups is 1. The minimum absolute atomic E-state index is 0. The van der Waals surface area contributed by atoms with E-state index >= 15 is 0 Å². The lowest BCUT2D eigenvalue weighted by atomic mass is 9.67. The lowest BCUT2D eigenvalue weighted by molar-refractivity contribution is -0.121. The summed E-state index contributed by atoms with van der Waals surface area (Å²) in [6.45, 7) is 6.71. The van der Waals surface area contributed by atoms with Gasteiger partial charge in [0.05, 0.1) is 0 Å². The second-order valence-corrected chi connectivity index (χ2v) is 7.57. The molecule has 2 fully saturated rings. The van der Waals surface area contributed by atoms with E-state index in [1.807, 2.05) is 0 Å². The molecule has 0 atom stereocenters. The highest BCUT2D eigenvalue weighted by Crippen LogP contribution is 2.44. The summed E-state index contributed by atoms with van der Waals surface area (Å²) < 4.78 is 5.29. The summed E-state index contributed by atoms with van der Waals surface area (Å²) in [4.78, 5) is 18.9. The highest BCUT2D eigenvalue weighted by molar-refractivity contribution is 14.0. The van der Waals surface area contributed by atoms with Crippen molar-refractivity contribution in [2.75, 3.05) is 46.9 Å². The van der Waals surface area contributed by atoms with Crippen LogP contribution in [0.1, 0.15) is 51.9 Å². The fourth-order valence-electron chi connectivity index (χ4n) is 3.86. The first-order valence-corrected chi connectivity index (χ1v) is 9.85. The van der Waals surface area contributed by atoms with E-state index in [1.54, 1.807) is 14.2 Å². The summed E-state index contributed by atoms with van der Waals surface area (Å²) in [6, 6.07) is 0. The summed E-state index contributed by atoms with van der Waals surface area (Å²) in [7, 11) is 3.50. The lowest BCUT2D eigenvalue weighted by Gasteiger charge is -2.41. The van der Waals surface area contributed by atoms with Crippen LogP contribution in [0.3, 0.4) is 0 Å². The molecule has 0 radical (unpaired) electrons. The first-order chi connectivity index (χ1) is 12.1.